The molecule has 3 heterocycles. The SMILES string of the molecule is Cn1cccc1C(=O)NC[C@H]1CCC2(CN(Cc3ccccc3)C2)OC1. The summed E-state index contributed by atoms with van der Waals surface area (Å²) >= 11 is 0. The Hall–Kier alpha value is -2.11. The fraction of sp³-hybridized carbons (Fsp3) is 0.476. The Morgan fingerprint density at radius 3 is 2.69 bits per heavy atom. The molecule has 1 amide bonds. The van der Waals surface area contributed by atoms with Gasteiger partial charge in [0.2, 0.25) is 0 Å². The lowest BCUT2D eigenvalue weighted by Crippen LogP contribution is -2.64. The van der Waals surface area contributed by atoms with Crippen LogP contribution in [0.1, 0.15) is 28.9 Å². The molecule has 138 valence electrons. The van der Waals surface area contributed by atoms with E-state index in [0.717, 1.165) is 39.1 Å². The zero-order valence-corrected chi connectivity index (χ0v) is 15.4. The van der Waals surface area contributed by atoms with Crippen molar-refractivity contribution in [2.75, 3.05) is 26.2 Å². The zero-order valence-electron chi connectivity index (χ0n) is 15.4. The van der Waals surface area contributed by atoms with Crippen molar-refractivity contribution < 1.29 is 9.53 Å². The molecule has 1 spiro atoms. The molecule has 1 N–H and O–H groups in total. The third-order valence-electron chi connectivity index (χ3n) is 5.63. The number of amides is 1. The summed E-state index contributed by atoms with van der Waals surface area (Å²) in [6, 6.07) is 14.3. The van der Waals surface area contributed by atoms with Gasteiger partial charge in [-0.25, -0.2) is 0 Å². The molecule has 4 rings (SSSR count). The molecule has 5 nitrogen and oxygen atoms in total. The number of rotatable bonds is 5. The van der Waals surface area contributed by atoms with Crippen molar-refractivity contribution in [2.45, 2.75) is 25.0 Å². The number of likely N-dealkylation sites (tertiary alicyclic amines) is 1. The van der Waals surface area contributed by atoms with Crippen LogP contribution in [0.2, 0.25) is 0 Å². The molecule has 1 aromatic carbocycles. The van der Waals surface area contributed by atoms with E-state index in [1.54, 1.807) is 0 Å². The van der Waals surface area contributed by atoms with Gasteiger partial charge >= 0.3 is 0 Å². The highest BCUT2D eigenvalue weighted by Gasteiger charge is 2.46. The predicted octanol–water partition coefficient (Wildman–Crippen LogP) is 2.44. The molecule has 5 heteroatoms. The van der Waals surface area contributed by atoms with Gasteiger partial charge in [0, 0.05) is 39.4 Å². The van der Waals surface area contributed by atoms with E-state index in [1.807, 2.05) is 29.9 Å². The summed E-state index contributed by atoms with van der Waals surface area (Å²) in [5, 5.41) is 3.05. The number of nitrogens with zero attached hydrogens (tertiary/aromatic N) is 2. The molecule has 0 unspecified atom stereocenters. The van der Waals surface area contributed by atoms with Gasteiger partial charge in [-0.3, -0.25) is 9.69 Å². The Morgan fingerprint density at radius 2 is 2.04 bits per heavy atom. The summed E-state index contributed by atoms with van der Waals surface area (Å²) in [6.07, 6.45) is 4.09. The minimum Gasteiger partial charge on any atom is -0.372 e. The first-order chi connectivity index (χ1) is 12.6. The maximum Gasteiger partial charge on any atom is 0.267 e. The zero-order chi connectivity index (χ0) is 18.0. The van der Waals surface area contributed by atoms with Crippen molar-refractivity contribution in [1.29, 1.82) is 0 Å². The number of aromatic nitrogens is 1. The maximum absolute atomic E-state index is 12.2. The number of carbonyl (C=O) groups is 1. The van der Waals surface area contributed by atoms with Crippen molar-refractivity contribution >= 4 is 5.91 Å². The normalized spacial score (nSPS) is 22.1. The molecular weight excluding hydrogens is 326 g/mol. The number of carbonyl (C=O) groups excluding carboxylic acids is 1. The maximum atomic E-state index is 12.2. The van der Waals surface area contributed by atoms with Crippen LogP contribution in [-0.2, 0) is 18.3 Å². The van der Waals surface area contributed by atoms with Crippen LogP contribution in [-0.4, -0.2) is 47.2 Å². The van der Waals surface area contributed by atoms with E-state index >= 15 is 0 Å². The van der Waals surface area contributed by atoms with E-state index in [9.17, 15) is 4.79 Å². The fourth-order valence-corrected chi connectivity index (χ4v) is 4.07. The summed E-state index contributed by atoms with van der Waals surface area (Å²) in [6.45, 7) is 4.47. The monoisotopic (exact) mass is 353 g/mol. The van der Waals surface area contributed by atoms with Gasteiger partial charge in [0.15, 0.2) is 0 Å². The van der Waals surface area contributed by atoms with E-state index in [4.69, 9.17) is 4.74 Å². The molecule has 2 aliphatic heterocycles. The summed E-state index contributed by atoms with van der Waals surface area (Å²) < 4.78 is 8.08. The summed E-state index contributed by atoms with van der Waals surface area (Å²) in [5.41, 5.74) is 2.11. The summed E-state index contributed by atoms with van der Waals surface area (Å²) in [4.78, 5) is 14.7. The molecule has 26 heavy (non-hydrogen) atoms. The fourth-order valence-electron chi connectivity index (χ4n) is 4.07. The van der Waals surface area contributed by atoms with E-state index in [0.29, 0.717) is 18.2 Å². The second-order valence-corrected chi connectivity index (χ2v) is 7.74. The average Bonchev–Trinajstić information content (AvgIpc) is 3.06. The molecule has 1 aromatic heterocycles. The van der Waals surface area contributed by atoms with Crippen molar-refractivity contribution in [1.82, 2.24) is 14.8 Å². The molecule has 0 radical (unpaired) electrons. The lowest BCUT2D eigenvalue weighted by atomic mass is 9.82. The third kappa shape index (κ3) is 3.69. The van der Waals surface area contributed by atoms with Crippen molar-refractivity contribution in [3.05, 3.63) is 59.9 Å². The highest BCUT2D eigenvalue weighted by molar-refractivity contribution is 5.92. The van der Waals surface area contributed by atoms with E-state index in [2.05, 4.69) is 40.5 Å². The molecular formula is C21H27N3O2. The molecule has 0 aliphatic carbocycles. The lowest BCUT2D eigenvalue weighted by molar-refractivity contribution is -0.181. The predicted molar refractivity (Wildman–Crippen MR) is 101 cm³/mol. The molecule has 2 fully saturated rings. The molecule has 0 bridgehead atoms. The largest absolute Gasteiger partial charge is 0.372 e. The minimum atomic E-state index is -0.00420. The molecule has 2 aromatic rings. The van der Waals surface area contributed by atoms with Crippen LogP contribution >= 0.6 is 0 Å². The van der Waals surface area contributed by atoms with Gasteiger partial charge in [0.1, 0.15) is 5.69 Å². The highest BCUT2D eigenvalue weighted by Crippen LogP contribution is 2.36. The Labute approximate surface area is 154 Å². The van der Waals surface area contributed by atoms with Gasteiger partial charge in [-0.1, -0.05) is 30.3 Å². The first-order valence-electron chi connectivity index (χ1n) is 9.43. The van der Waals surface area contributed by atoms with Gasteiger partial charge in [-0.05, 0) is 36.5 Å². The Kier molecular flexibility index (Phi) is 4.83. The minimum absolute atomic E-state index is 0.00420. The van der Waals surface area contributed by atoms with Crippen molar-refractivity contribution in [3.63, 3.8) is 0 Å². The summed E-state index contributed by atoms with van der Waals surface area (Å²) in [7, 11) is 1.89. The van der Waals surface area contributed by atoms with Crippen LogP contribution < -0.4 is 5.32 Å². The standard InChI is InChI=1S/C21H27N3O2/c1-23-11-5-8-19(23)20(25)22-12-18-9-10-21(26-14-18)15-24(16-21)13-17-6-3-2-4-7-17/h2-8,11,18H,9-10,12-16H2,1H3,(H,22,25)/t18-/m1/s1. The first-order valence-corrected chi connectivity index (χ1v) is 9.43. The number of hydrogen-bond acceptors (Lipinski definition) is 3. The summed E-state index contributed by atoms with van der Waals surface area (Å²) in [5.74, 6) is 0.406. The smallest absolute Gasteiger partial charge is 0.267 e. The molecule has 0 saturated carbocycles. The third-order valence-corrected chi connectivity index (χ3v) is 5.63. The Bertz CT molecular complexity index is 740. The number of nitrogens with one attached hydrogen (secondary N) is 1. The van der Waals surface area contributed by atoms with E-state index in [-0.39, 0.29) is 11.5 Å². The van der Waals surface area contributed by atoms with Crippen LogP contribution in [0.5, 0.6) is 0 Å². The molecule has 2 saturated heterocycles. The van der Waals surface area contributed by atoms with Gasteiger partial charge < -0.3 is 14.6 Å². The second-order valence-electron chi connectivity index (χ2n) is 7.74. The number of benzene rings is 1. The topological polar surface area (TPSA) is 46.5 Å². The first kappa shape index (κ1) is 17.3. The highest BCUT2D eigenvalue weighted by atomic mass is 16.5. The van der Waals surface area contributed by atoms with Crippen molar-refractivity contribution in [2.24, 2.45) is 13.0 Å². The quantitative estimate of drug-likeness (QED) is 0.898. The van der Waals surface area contributed by atoms with Crippen molar-refractivity contribution in [3.8, 4) is 0 Å². The van der Waals surface area contributed by atoms with Crippen LogP contribution in [0.4, 0.5) is 0 Å². The lowest BCUT2D eigenvalue weighted by Gasteiger charge is -2.53. The molecule has 1 atom stereocenters. The second kappa shape index (κ2) is 7.25. The van der Waals surface area contributed by atoms with Gasteiger partial charge in [0.05, 0.1) is 12.2 Å². The average molecular weight is 353 g/mol. The van der Waals surface area contributed by atoms with Gasteiger partial charge in [0.25, 0.3) is 5.91 Å². The number of aryl methyl sites for hydroxylation is 1. The van der Waals surface area contributed by atoms with E-state index < -0.39 is 0 Å². The Morgan fingerprint density at radius 1 is 1.23 bits per heavy atom. The van der Waals surface area contributed by atoms with Gasteiger partial charge in [-0.15, -0.1) is 0 Å². The van der Waals surface area contributed by atoms with Crippen LogP contribution in [0.15, 0.2) is 48.7 Å². The van der Waals surface area contributed by atoms with Gasteiger partial charge in [-0.2, -0.15) is 0 Å². The van der Waals surface area contributed by atoms with Crippen LogP contribution in [0, 0.1) is 5.92 Å². The van der Waals surface area contributed by atoms with Crippen LogP contribution in [0.3, 0.4) is 0 Å². The van der Waals surface area contributed by atoms with Crippen LogP contribution in [0.25, 0.3) is 0 Å². The number of hydrogen-bond donors (Lipinski definition) is 1. The Balaban J connectivity index is 1.19. The number of ether oxygens (including phenoxy) is 1. The van der Waals surface area contributed by atoms with E-state index in [1.165, 1.54) is 5.56 Å². The molecule has 2 aliphatic rings.